The molecule has 0 aromatic carbocycles. The molecule has 1 rings (SSSR count). The maximum atomic E-state index is 10.7. The van der Waals surface area contributed by atoms with Crippen molar-refractivity contribution in [3.8, 4) is 0 Å². The molecule has 0 saturated heterocycles. The molecule has 0 radical (unpaired) electrons. The Bertz CT molecular complexity index is 221. The topological polar surface area (TPSA) is 37.3 Å². The van der Waals surface area contributed by atoms with Gasteiger partial charge in [0.25, 0.3) is 0 Å². The van der Waals surface area contributed by atoms with E-state index in [9.17, 15) is 4.79 Å². The first-order valence-corrected chi connectivity index (χ1v) is 3.17. The minimum Gasteiger partial charge on any atom is -0.504 e. The molecule has 1 N–H and O–H groups in total. The number of rotatable bonds is 0. The highest BCUT2D eigenvalue weighted by Crippen LogP contribution is 2.24. The summed E-state index contributed by atoms with van der Waals surface area (Å²) in [5.74, 6) is -0.452. The standard InChI is InChI=1S/C8H10O2/c1-8(2)4-3-6(9)7(10)5-8/h3-5,10H,1-2H3. The van der Waals surface area contributed by atoms with Crippen LogP contribution in [-0.2, 0) is 4.79 Å². The molecule has 1 aliphatic rings. The van der Waals surface area contributed by atoms with Crippen LogP contribution < -0.4 is 0 Å². The second kappa shape index (κ2) is 1.97. The summed E-state index contributed by atoms with van der Waals surface area (Å²) in [5, 5.41) is 8.97. The van der Waals surface area contributed by atoms with Gasteiger partial charge in [-0.05, 0) is 12.2 Å². The fraction of sp³-hybridized carbons (Fsp3) is 0.375. The number of aliphatic hydroxyl groups excluding tert-OH is 1. The van der Waals surface area contributed by atoms with Crippen LogP contribution >= 0.6 is 0 Å². The Morgan fingerprint density at radius 1 is 1.50 bits per heavy atom. The van der Waals surface area contributed by atoms with Gasteiger partial charge in [0.2, 0.25) is 5.78 Å². The van der Waals surface area contributed by atoms with Gasteiger partial charge in [-0.25, -0.2) is 0 Å². The third-order valence-electron chi connectivity index (χ3n) is 1.43. The number of aliphatic hydroxyl groups is 1. The van der Waals surface area contributed by atoms with E-state index in [4.69, 9.17) is 5.11 Å². The highest BCUT2D eigenvalue weighted by Gasteiger charge is 2.19. The molecule has 0 fully saturated rings. The van der Waals surface area contributed by atoms with Gasteiger partial charge in [-0.15, -0.1) is 0 Å². The maximum absolute atomic E-state index is 10.7. The fourth-order valence-corrected chi connectivity index (χ4v) is 0.847. The van der Waals surface area contributed by atoms with Gasteiger partial charge in [-0.3, -0.25) is 4.79 Å². The third-order valence-corrected chi connectivity index (χ3v) is 1.43. The van der Waals surface area contributed by atoms with E-state index in [-0.39, 0.29) is 17.0 Å². The molecule has 0 heterocycles. The minimum absolute atomic E-state index is 0.146. The van der Waals surface area contributed by atoms with E-state index in [0.29, 0.717) is 0 Å². The molecule has 2 heteroatoms. The largest absolute Gasteiger partial charge is 0.504 e. The van der Waals surface area contributed by atoms with Gasteiger partial charge >= 0.3 is 0 Å². The van der Waals surface area contributed by atoms with Crippen molar-refractivity contribution in [3.63, 3.8) is 0 Å². The molecular formula is C8H10O2. The summed E-state index contributed by atoms with van der Waals surface area (Å²) in [6, 6.07) is 0. The molecule has 0 amide bonds. The normalized spacial score (nSPS) is 22.6. The Balaban J connectivity index is 2.95. The van der Waals surface area contributed by atoms with Gasteiger partial charge in [0.05, 0.1) is 0 Å². The third kappa shape index (κ3) is 1.26. The van der Waals surface area contributed by atoms with Crippen LogP contribution in [0.2, 0.25) is 0 Å². The lowest BCUT2D eigenvalue weighted by Gasteiger charge is -2.17. The number of ketones is 1. The lowest BCUT2D eigenvalue weighted by molar-refractivity contribution is -0.113. The first-order valence-electron chi connectivity index (χ1n) is 3.17. The highest BCUT2D eigenvalue weighted by molar-refractivity contribution is 6.03. The molecule has 0 saturated carbocycles. The van der Waals surface area contributed by atoms with Crippen LogP contribution in [0.25, 0.3) is 0 Å². The molecule has 0 atom stereocenters. The quantitative estimate of drug-likeness (QED) is 0.552. The molecule has 1 aliphatic carbocycles. The van der Waals surface area contributed by atoms with Crippen molar-refractivity contribution in [3.05, 3.63) is 24.0 Å². The van der Waals surface area contributed by atoms with Crippen molar-refractivity contribution >= 4 is 5.78 Å². The van der Waals surface area contributed by atoms with Crippen LogP contribution in [0.3, 0.4) is 0 Å². The number of carbonyl (C=O) groups excluding carboxylic acids is 1. The average Bonchev–Trinajstić information content (AvgIpc) is 1.79. The van der Waals surface area contributed by atoms with Crippen LogP contribution in [-0.4, -0.2) is 10.9 Å². The summed E-state index contributed by atoms with van der Waals surface area (Å²) in [6.07, 6.45) is 4.72. The predicted octanol–water partition coefficient (Wildman–Crippen LogP) is 1.59. The predicted molar refractivity (Wildman–Crippen MR) is 38.6 cm³/mol. The van der Waals surface area contributed by atoms with E-state index in [1.807, 2.05) is 13.8 Å². The molecule has 0 unspecified atom stereocenters. The van der Waals surface area contributed by atoms with Gasteiger partial charge in [0.1, 0.15) is 0 Å². The summed E-state index contributed by atoms with van der Waals surface area (Å²) >= 11 is 0. The van der Waals surface area contributed by atoms with Crippen LogP contribution in [0.15, 0.2) is 24.0 Å². The minimum atomic E-state index is -0.306. The van der Waals surface area contributed by atoms with E-state index in [0.717, 1.165) is 0 Å². The molecule has 0 aliphatic heterocycles. The number of hydrogen-bond acceptors (Lipinski definition) is 2. The summed E-state index contributed by atoms with van der Waals surface area (Å²) in [4.78, 5) is 10.7. The smallest absolute Gasteiger partial charge is 0.219 e. The molecule has 0 bridgehead atoms. The maximum Gasteiger partial charge on any atom is 0.219 e. The van der Waals surface area contributed by atoms with E-state index >= 15 is 0 Å². The van der Waals surface area contributed by atoms with E-state index in [1.54, 1.807) is 12.2 Å². The second-order valence-corrected chi connectivity index (χ2v) is 3.05. The van der Waals surface area contributed by atoms with Crippen LogP contribution in [0.5, 0.6) is 0 Å². The summed E-state index contributed by atoms with van der Waals surface area (Å²) < 4.78 is 0. The van der Waals surface area contributed by atoms with Gasteiger partial charge < -0.3 is 5.11 Å². The molecule has 10 heavy (non-hydrogen) atoms. The van der Waals surface area contributed by atoms with Crippen molar-refractivity contribution in [2.24, 2.45) is 5.41 Å². The van der Waals surface area contributed by atoms with Gasteiger partial charge in [0.15, 0.2) is 5.76 Å². The van der Waals surface area contributed by atoms with Gasteiger partial charge in [-0.2, -0.15) is 0 Å². The monoisotopic (exact) mass is 138 g/mol. The van der Waals surface area contributed by atoms with E-state index in [1.165, 1.54) is 6.08 Å². The van der Waals surface area contributed by atoms with Crippen molar-refractivity contribution in [1.29, 1.82) is 0 Å². The van der Waals surface area contributed by atoms with Crippen molar-refractivity contribution in [1.82, 2.24) is 0 Å². The molecular weight excluding hydrogens is 128 g/mol. The number of allylic oxidation sites excluding steroid dienone is 3. The van der Waals surface area contributed by atoms with E-state index in [2.05, 4.69) is 0 Å². The van der Waals surface area contributed by atoms with Gasteiger partial charge in [0, 0.05) is 5.41 Å². The first kappa shape index (κ1) is 7.06. The zero-order valence-corrected chi connectivity index (χ0v) is 6.09. The van der Waals surface area contributed by atoms with Crippen LogP contribution in [0.1, 0.15) is 13.8 Å². The molecule has 0 aromatic rings. The second-order valence-electron chi connectivity index (χ2n) is 3.05. The lowest BCUT2D eigenvalue weighted by Crippen LogP contribution is -2.13. The Morgan fingerprint density at radius 2 is 2.10 bits per heavy atom. The number of carbonyl (C=O) groups is 1. The average molecular weight is 138 g/mol. The SMILES string of the molecule is CC1(C)C=CC(=O)C(O)=C1. The zero-order chi connectivity index (χ0) is 7.78. The summed E-state index contributed by atoms with van der Waals surface area (Å²) in [7, 11) is 0. The zero-order valence-electron chi connectivity index (χ0n) is 6.09. The summed E-state index contributed by atoms with van der Waals surface area (Å²) in [6.45, 7) is 3.85. The van der Waals surface area contributed by atoms with Crippen LogP contribution in [0, 0.1) is 5.41 Å². The molecule has 2 nitrogen and oxygen atoms in total. The Kier molecular flexibility index (Phi) is 1.39. The first-order chi connectivity index (χ1) is 4.51. The highest BCUT2D eigenvalue weighted by atomic mass is 16.3. The Morgan fingerprint density at radius 3 is 2.50 bits per heavy atom. The molecule has 0 spiro atoms. The molecule has 54 valence electrons. The van der Waals surface area contributed by atoms with Crippen molar-refractivity contribution in [2.45, 2.75) is 13.8 Å². The van der Waals surface area contributed by atoms with Gasteiger partial charge in [-0.1, -0.05) is 19.9 Å². The Labute approximate surface area is 59.9 Å². The van der Waals surface area contributed by atoms with Crippen LogP contribution in [0.4, 0.5) is 0 Å². The van der Waals surface area contributed by atoms with Crippen molar-refractivity contribution < 1.29 is 9.90 Å². The Hall–Kier alpha value is -1.05. The molecule has 0 aromatic heterocycles. The van der Waals surface area contributed by atoms with E-state index < -0.39 is 0 Å². The lowest BCUT2D eigenvalue weighted by atomic mass is 9.88. The fourth-order valence-electron chi connectivity index (χ4n) is 0.847. The van der Waals surface area contributed by atoms with Crippen molar-refractivity contribution in [2.75, 3.05) is 0 Å². The number of hydrogen-bond donors (Lipinski definition) is 1. The summed E-state index contributed by atoms with van der Waals surface area (Å²) in [5.41, 5.74) is -0.183.